The van der Waals surface area contributed by atoms with E-state index in [1.54, 1.807) is 6.33 Å². The lowest BCUT2D eigenvalue weighted by molar-refractivity contribution is -0.157. The van der Waals surface area contributed by atoms with Crippen LogP contribution in [0.3, 0.4) is 0 Å². The molecule has 5 rings (SSSR count). The van der Waals surface area contributed by atoms with Crippen molar-refractivity contribution in [2.75, 3.05) is 41.7 Å². The van der Waals surface area contributed by atoms with E-state index in [-0.39, 0.29) is 5.97 Å². The largest absolute Gasteiger partial charge is 0.459 e. The van der Waals surface area contributed by atoms with Crippen molar-refractivity contribution in [1.82, 2.24) is 20.3 Å². The molecule has 2 aliphatic rings. The van der Waals surface area contributed by atoms with Crippen LogP contribution >= 0.6 is 0 Å². The number of benzene rings is 1. The molecule has 0 amide bonds. The van der Waals surface area contributed by atoms with E-state index >= 15 is 0 Å². The lowest BCUT2D eigenvalue weighted by Gasteiger charge is -2.34. The van der Waals surface area contributed by atoms with Gasteiger partial charge in [0.25, 0.3) is 0 Å². The van der Waals surface area contributed by atoms with Gasteiger partial charge in [0.15, 0.2) is 0 Å². The number of fused-ring (bicyclic) bond motifs is 1. The number of carbonyl (C=O) groups is 1. The van der Waals surface area contributed by atoms with Gasteiger partial charge in [-0.1, -0.05) is 43.3 Å². The van der Waals surface area contributed by atoms with Gasteiger partial charge in [-0.2, -0.15) is 0 Å². The third-order valence-corrected chi connectivity index (χ3v) is 7.96. The maximum absolute atomic E-state index is 13.1. The van der Waals surface area contributed by atoms with Gasteiger partial charge in [-0.25, -0.2) is 15.0 Å². The fourth-order valence-corrected chi connectivity index (χ4v) is 5.76. The molecule has 2 aromatic heterocycles. The van der Waals surface area contributed by atoms with E-state index in [0.29, 0.717) is 19.0 Å². The Labute approximate surface area is 249 Å². The van der Waals surface area contributed by atoms with Crippen molar-refractivity contribution >= 4 is 23.4 Å². The minimum absolute atomic E-state index is 0.286. The second-order valence-electron chi connectivity index (χ2n) is 12.2. The van der Waals surface area contributed by atoms with E-state index < -0.39 is 11.6 Å². The van der Waals surface area contributed by atoms with E-state index in [4.69, 9.17) is 14.7 Å². The Morgan fingerprint density at radius 1 is 1.12 bits per heavy atom. The highest BCUT2D eigenvalue weighted by Gasteiger charge is 2.28. The molecule has 0 unspecified atom stereocenters. The topological polar surface area (TPSA) is 104 Å². The number of piperidine rings is 1. The van der Waals surface area contributed by atoms with Gasteiger partial charge in [0, 0.05) is 49.9 Å². The van der Waals surface area contributed by atoms with Gasteiger partial charge < -0.3 is 20.3 Å². The van der Waals surface area contributed by atoms with Crippen molar-refractivity contribution in [3.05, 3.63) is 71.2 Å². The molecule has 224 valence electrons. The lowest BCUT2D eigenvalue weighted by atomic mass is 9.92. The fraction of sp³-hybridized carbons (Fsp3) is 0.515. The van der Waals surface area contributed by atoms with Crippen LogP contribution in [0.4, 0.5) is 17.5 Å². The Kier molecular flexibility index (Phi) is 9.57. The molecular weight excluding hydrogens is 526 g/mol. The Balaban J connectivity index is 1.25. The zero-order chi connectivity index (χ0) is 29.5. The molecule has 1 fully saturated rings. The van der Waals surface area contributed by atoms with Crippen LogP contribution < -0.4 is 20.9 Å². The number of nitrogens with zero attached hydrogens (tertiary/aromatic N) is 4. The van der Waals surface area contributed by atoms with Crippen LogP contribution in [-0.2, 0) is 28.9 Å². The van der Waals surface area contributed by atoms with Crippen molar-refractivity contribution in [2.45, 2.75) is 83.9 Å². The maximum atomic E-state index is 13.1. The van der Waals surface area contributed by atoms with Crippen LogP contribution in [0.1, 0.15) is 75.3 Å². The average Bonchev–Trinajstić information content (AvgIpc) is 3.00. The highest BCUT2D eigenvalue weighted by molar-refractivity contribution is 5.77. The Morgan fingerprint density at radius 3 is 2.64 bits per heavy atom. The molecular formula is C33H45N7O2. The number of hydrogen-bond acceptors (Lipinski definition) is 9. The van der Waals surface area contributed by atoms with Gasteiger partial charge in [0.05, 0.1) is 0 Å². The van der Waals surface area contributed by atoms with Crippen LogP contribution in [0.2, 0.25) is 0 Å². The summed E-state index contributed by atoms with van der Waals surface area (Å²) in [5.74, 6) is 2.97. The summed E-state index contributed by atoms with van der Waals surface area (Å²) in [6.07, 6.45) is 6.76. The molecule has 2 aliphatic heterocycles. The molecule has 0 aliphatic carbocycles. The molecule has 1 atom stereocenters. The zero-order valence-electron chi connectivity index (χ0n) is 25.4. The van der Waals surface area contributed by atoms with Crippen LogP contribution in [0.25, 0.3) is 0 Å². The first-order chi connectivity index (χ1) is 20.3. The molecule has 1 saturated heterocycles. The highest BCUT2D eigenvalue weighted by Crippen LogP contribution is 2.33. The molecule has 4 heterocycles. The Bertz CT molecular complexity index is 1330. The smallest absolute Gasteiger partial charge is 0.325 e. The summed E-state index contributed by atoms with van der Waals surface area (Å²) < 4.78 is 5.74. The molecule has 42 heavy (non-hydrogen) atoms. The summed E-state index contributed by atoms with van der Waals surface area (Å²) in [7, 11) is 0. The van der Waals surface area contributed by atoms with E-state index in [9.17, 15) is 4.79 Å². The monoisotopic (exact) mass is 571 g/mol. The van der Waals surface area contributed by atoms with Crippen molar-refractivity contribution in [2.24, 2.45) is 0 Å². The number of aromatic nitrogens is 3. The minimum Gasteiger partial charge on any atom is -0.459 e. The van der Waals surface area contributed by atoms with Gasteiger partial charge >= 0.3 is 5.97 Å². The lowest BCUT2D eigenvalue weighted by Crippen LogP contribution is -2.45. The zero-order valence-corrected chi connectivity index (χ0v) is 25.4. The Morgan fingerprint density at radius 2 is 1.90 bits per heavy atom. The van der Waals surface area contributed by atoms with Crippen LogP contribution in [0, 0.1) is 0 Å². The quantitative estimate of drug-likeness (QED) is 0.287. The summed E-state index contributed by atoms with van der Waals surface area (Å²) in [6.45, 7) is 11.5. The molecule has 9 heteroatoms. The fourth-order valence-electron chi connectivity index (χ4n) is 5.76. The first kappa shape index (κ1) is 29.8. The number of carbonyl (C=O) groups excluding carboxylic acids is 1. The standard InChI is InChI=1S/C33H45N7O2/c1-5-26-30(36-21-28(32(41)42-33(2,3)4)35-20-23-10-7-6-8-11-23)37-22-38-31(26)40-18-15-24(16-19-40)27-14-13-25-12-9-17-34-29(25)39-27/h6-8,10-11,13-14,22,24,28,35H,5,9,12,15-21H2,1-4H3,(H,34,39)(H,36,37,38)/t28-/m0/s1. The van der Waals surface area contributed by atoms with Crippen LogP contribution in [0.5, 0.6) is 0 Å². The van der Waals surface area contributed by atoms with Crippen LogP contribution in [0.15, 0.2) is 48.8 Å². The summed E-state index contributed by atoms with van der Waals surface area (Å²) >= 11 is 0. The molecule has 0 radical (unpaired) electrons. The van der Waals surface area contributed by atoms with E-state index in [1.807, 2.05) is 51.1 Å². The number of aryl methyl sites for hydroxylation is 1. The summed E-state index contributed by atoms with van der Waals surface area (Å²) in [4.78, 5) is 29.8. The average molecular weight is 572 g/mol. The number of hydrogen-bond donors (Lipinski definition) is 3. The van der Waals surface area contributed by atoms with Gasteiger partial charge in [0.2, 0.25) is 0 Å². The molecule has 9 nitrogen and oxygen atoms in total. The SMILES string of the molecule is CCc1c(NC[C@H](NCc2ccccc2)C(=O)OC(C)(C)C)ncnc1N1CCC(c2ccc3c(n2)NCCC3)CC1. The molecule has 3 aromatic rings. The van der Waals surface area contributed by atoms with Gasteiger partial charge in [-0.05, 0) is 70.1 Å². The van der Waals surface area contributed by atoms with Gasteiger partial charge in [0.1, 0.15) is 35.4 Å². The van der Waals surface area contributed by atoms with E-state index in [0.717, 1.165) is 73.9 Å². The molecule has 0 saturated carbocycles. The second-order valence-corrected chi connectivity index (χ2v) is 12.2. The van der Waals surface area contributed by atoms with Crippen molar-refractivity contribution in [3.8, 4) is 0 Å². The molecule has 1 aromatic carbocycles. The number of rotatable bonds is 10. The predicted octanol–water partition coefficient (Wildman–Crippen LogP) is 5.09. The molecule has 0 bridgehead atoms. The number of pyridine rings is 1. The first-order valence-electron chi connectivity index (χ1n) is 15.4. The maximum Gasteiger partial charge on any atom is 0.325 e. The molecule has 3 N–H and O–H groups in total. The van der Waals surface area contributed by atoms with Crippen molar-refractivity contribution < 1.29 is 9.53 Å². The number of esters is 1. The second kappa shape index (κ2) is 13.5. The number of ether oxygens (including phenoxy) is 1. The summed E-state index contributed by atoms with van der Waals surface area (Å²) in [5, 5.41) is 10.3. The molecule has 0 spiro atoms. The normalized spacial score (nSPS) is 16.3. The Hall–Kier alpha value is -3.72. The summed E-state index contributed by atoms with van der Waals surface area (Å²) in [6, 6.07) is 14.0. The summed E-state index contributed by atoms with van der Waals surface area (Å²) in [5.41, 5.74) is 4.13. The third-order valence-electron chi connectivity index (χ3n) is 7.96. The van der Waals surface area contributed by atoms with Gasteiger partial charge in [-0.15, -0.1) is 0 Å². The van der Waals surface area contributed by atoms with Crippen LogP contribution in [-0.4, -0.2) is 58.7 Å². The highest BCUT2D eigenvalue weighted by atomic mass is 16.6. The predicted molar refractivity (Wildman–Crippen MR) is 168 cm³/mol. The van der Waals surface area contributed by atoms with E-state index in [2.05, 4.69) is 44.9 Å². The minimum atomic E-state index is -0.572. The third kappa shape index (κ3) is 7.56. The number of anilines is 3. The number of nitrogens with one attached hydrogen (secondary N) is 3. The van der Waals surface area contributed by atoms with Crippen molar-refractivity contribution in [1.29, 1.82) is 0 Å². The van der Waals surface area contributed by atoms with Gasteiger partial charge in [-0.3, -0.25) is 10.1 Å². The first-order valence-corrected chi connectivity index (χ1v) is 15.4. The van der Waals surface area contributed by atoms with E-state index in [1.165, 1.54) is 17.7 Å². The van der Waals surface area contributed by atoms with Crippen molar-refractivity contribution in [3.63, 3.8) is 0 Å².